The van der Waals surface area contributed by atoms with Crippen molar-refractivity contribution in [2.45, 2.75) is 19.8 Å². The van der Waals surface area contributed by atoms with E-state index in [0.29, 0.717) is 18.7 Å². The molecule has 0 amide bonds. The van der Waals surface area contributed by atoms with E-state index in [0.717, 1.165) is 15.8 Å². The zero-order chi connectivity index (χ0) is 12.8. The molecule has 0 aliphatic carbocycles. The van der Waals surface area contributed by atoms with Gasteiger partial charge in [-0.15, -0.1) is 11.6 Å². The number of carbonyl (C=O) groups is 1. The fraction of sp³-hybridized carbons (Fsp3) is 0.462. The summed E-state index contributed by atoms with van der Waals surface area (Å²) in [6.45, 7) is 1.62. The van der Waals surface area contributed by atoms with Crippen molar-refractivity contribution in [1.82, 2.24) is 0 Å². The second kappa shape index (κ2) is 7.02. The molecule has 94 valence electrons. The molecule has 0 N–H and O–H groups in total. The molecule has 0 fully saturated rings. The third-order valence-electron chi connectivity index (χ3n) is 2.75. The van der Waals surface area contributed by atoms with Crippen LogP contribution in [0.1, 0.15) is 18.9 Å². The lowest BCUT2D eigenvalue weighted by Gasteiger charge is -2.14. The van der Waals surface area contributed by atoms with Gasteiger partial charge in [0, 0.05) is 16.3 Å². The highest BCUT2D eigenvalue weighted by Gasteiger charge is 2.16. The van der Waals surface area contributed by atoms with Gasteiger partial charge >= 0.3 is 0 Å². The molecule has 0 aromatic heterocycles. The Morgan fingerprint density at radius 2 is 2.24 bits per heavy atom. The van der Waals surface area contributed by atoms with Crippen LogP contribution in [0.2, 0.25) is 0 Å². The number of rotatable bonds is 6. The van der Waals surface area contributed by atoms with Crippen molar-refractivity contribution >= 4 is 33.3 Å². The second-order valence-electron chi connectivity index (χ2n) is 3.95. The molecule has 0 saturated carbocycles. The number of ether oxygens (including phenoxy) is 1. The van der Waals surface area contributed by atoms with Gasteiger partial charge in [-0.25, -0.2) is 0 Å². The molecule has 0 bridgehead atoms. The van der Waals surface area contributed by atoms with E-state index in [4.69, 9.17) is 16.3 Å². The average molecular weight is 320 g/mol. The first-order valence-electron chi connectivity index (χ1n) is 5.47. The lowest BCUT2D eigenvalue weighted by atomic mass is 9.93. The van der Waals surface area contributed by atoms with Gasteiger partial charge in [-0.2, -0.15) is 0 Å². The Morgan fingerprint density at radius 1 is 1.53 bits per heavy atom. The number of methoxy groups -OCH3 is 1. The van der Waals surface area contributed by atoms with Gasteiger partial charge in [-0.3, -0.25) is 4.79 Å². The monoisotopic (exact) mass is 318 g/mol. The Labute approximate surface area is 115 Å². The minimum Gasteiger partial charge on any atom is -0.497 e. The van der Waals surface area contributed by atoms with Gasteiger partial charge in [0.1, 0.15) is 11.5 Å². The fourth-order valence-corrected chi connectivity index (χ4v) is 2.35. The van der Waals surface area contributed by atoms with E-state index in [1.54, 1.807) is 14.0 Å². The lowest BCUT2D eigenvalue weighted by molar-refractivity contribution is -0.120. The van der Waals surface area contributed by atoms with Gasteiger partial charge in [0.15, 0.2) is 0 Å². The molecule has 0 heterocycles. The highest BCUT2D eigenvalue weighted by molar-refractivity contribution is 9.10. The minimum atomic E-state index is -0.0177. The van der Waals surface area contributed by atoms with Crippen molar-refractivity contribution in [3.05, 3.63) is 28.2 Å². The molecule has 0 radical (unpaired) electrons. The van der Waals surface area contributed by atoms with Gasteiger partial charge in [-0.05, 0) is 43.5 Å². The number of halogens is 2. The van der Waals surface area contributed by atoms with Crippen molar-refractivity contribution in [2.24, 2.45) is 5.92 Å². The van der Waals surface area contributed by atoms with E-state index >= 15 is 0 Å². The van der Waals surface area contributed by atoms with Crippen LogP contribution < -0.4 is 4.74 Å². The third-order valence-corrected chi connectivity index (χ3v) is 3.74. The number of carbonyl (C=O) groups excluding carboxylic acids is 1. The average Bonchev–Trinajstić information content (AvgIpc) is 2.31. The summed E-state index contributed by atoms with van der Waals surface area (Å²) in [5, 5.41) is 0. The SMILES string of the molecule is COc1ccc(Br)c(CC(CCCl)C(C)=O)c1. The Bertz CT molecular complexity index is 393. The number of hydrogen-bond donors (Lipinski definition) is 0. The predicted octanol–water partition coefficient (Wildman–Crippen LogP) is 3.83. The normalized spacial score (nSPS) is 12.2. The number of Topliss-reactive ketones (excluding diaryl/α,β-unsaturated/α-hetero) is 1. The van der Waals surface area contributed by atoms with E-state index in [2.05, 4.69) is 15.9 Å². The van der Waals surface area contributed by atoms with E-state index < -0.39 is 0 Å². The summed E-state index contributed by atoms with van der Waals surface area (Å²) in [7, 11) is 1.63. The third kappa shape index (κ3) is 4.32. The maximum absolute atomic E-state index is 11.5. The summed E-state index contributed by atoms with van der Waals surface area (Å²) in [6.07, 6.45) is 1.40. The molecule has 1 aromatic rings. The zero-order valence-corrected chi connectivity index (χ0v) is 12.3. The molecule has 0 spiro atoms. The van der Waals surface area contributed by atoms with Crippen LogP contribution in [0.5, 0.6) is 5.75 Å². The van der Waals surface area contributed by atoms with Gasteiger partial charge in [0.05, 0.1) is 7.11 Å². The molecule has 1 aromatic carbocycles. The Morgan fingerprint density at radius 3 is 2.76 bits per heavy atom. The van der Waals surface area contributed by atoms with Crippen molar-refractivity contribution in [3.8, 4) is 5.75 Å². The first kappa shape index (κ1) is 14.5. The summed E-state index contributed by atoms with van der Waals surface area (Å²) >= 11 is 9.20. The van der Waals surface area contributed by atoms with Crippen LogP contribution >= 0.6 is 27.5 Å². The van der Waals surface area contributed by atoms with Crippen molar-refractivity contribution in [3.63, 3.8) is 0 Å². The minimum absolute atomic E-state index is 0.0177. The molecular formula is C13H16BrClO2. The summed E-state index contributed by atoms with van der Waals surface area (Å²) in [6, 6.07) is 5.78. The topological polar surface area (TPSA) is 26.3 Å². The predicted molar refractivity (Wildman–Crippen MR) is 73.9 cm³/mol. The van der Waals surface area contributed by atoms with E-state index in [9.17, 15) is 4.79 Å². The Kier molecular flexibility index (Phi) is 6.00. The first-order valence-corrected chi connectivity index (χ1v) is 6.80. The Balaban J connectivity index is 2.87. The largest absolute Gasteiger partial charge is 0.497 e. The molecular weight excluding hydrogens is 303 g/mol. The zero-order valence-electron chi connectivity index (χ0n) is 10.0. The number of alkyl halides is 1. The maximum atomic E-state index is 11.5. The molecule has 0 aliphatic rings. The molecule has 0 saturated heterocycles. The number of benzene rings is 1. The molecule has 2 nitrogen and oxygen atoms in total. The number of hydrogen-bond acceptors (Lipinski definition) is 2. The van der Waals surface area contributed by atoms with Gasteiger partial charge in [0.25, 0.3) is 0 Å². The first-order chi connectivity index (χ1) is 8.08. The molecule has 17 heavy (non-hydrogen) atoms. The van der Waals surface area contributed by atoms with Crippen LogP contribution in [-0.2, 0) is 11.2 Å². The molecule has 1 rings (SSSR count). The van der Waals surface area contributed by atoms with Crippen LogP contribution in [0.4, 0.5) is 0 Å². The van der Waals surface area contributed by atoms with E-state index in [1.165, 1.54) is 0 Å². The van der Waals surface area contributed by atoms with Gasteiger partial charge in [0.2, 0.25) is 0 Å². The second-order valence-corrected chi connectivity index (χ2v) is 5.18. The van der Waals surface area contributed by atoms with Crippen molar-refractivity contribution < 1.29 is 9.53 Å². The summed E-state index contributed by atoms with van der Waals surface area (Å²) in [5.41, 5.74) is 1.08. The van der Waals surface area contributed by atoms with Gasteiger partial charge < -0.3 is 4.74 Å². The number of ketones is 1. The van der Waals surface area contributed by atoms with Crippen LogP contribution in [0.15, 0.2) is 22.7 Å². The van der Waals surface area contributed by atoms with Crippen LogP contribution in [-0.4, -0.2) is 18.8 Å². The molecule has 1 atom stereocenters. The van der Waals surface area contributed by atoms with E-state index in [1.807, 2.05) is 18.2 Å². The fourth-order valence-electron chi connectivity index (χ4n) is 1.68. The molecule has 0 aliphatic heterocycles. The van der Waals surface area contributed by atoms with E-state index in [-0.39, 0.29) is 11.7 Å². The smallest absolute Gasteiger partial charge is 0.133 e. The molecule has 1 unspecified atom stereocenters. The van der Waals surface area contributed by atoms with Crippen LogP contribution in [0.25, 0.3) is 0 Å². The van der Waals surface area contributed by atoms with Crippen molar-refractivity contribution in [2.75, 3.05) is 13.0 Å². The van der Waals surface area contributed by atoms with Crippen LogP contribution in [0.3, 0.4) is 0 Å². The maximum Gasteiger partial charge on any atom is 0.133 e. The summed E-state index contributed by atoms with van der Waals surface area (Å²) in [4.78, 5) is 11.5. The lowest BCUT2D eigenvalue weighted by Crippen LogP contribution is -2.15. The summed E-state index contributed by atoms with van der Waals surface area (Å²) in [5.74, 6) is 1.47. The van der Waals surface area contributed by atoms with Crippen molar-refractivity contribution in [1.29, 1.82) is 0 Å². The van der Waals surface area contributed by atoms with Gasteiger partial charge in [-0.1, -0.05) is 15.9 Å². The standard InChI is InChI=1S/C13H16BrClO2/c1-9(16)10(5-6-15)7-11-8-12(17-2)3-4-13(11)14/h3-4,8,10H,5-7H2,1-2H3. The highest BCUT2D eigenvalue weighted by Crippen LogP contribution is 2.26. The Hall–Kier alpha value is -0.540. The highest BCUT2D eigenvalue weighted by atomic mass is 79.9. The quantitative estimate of drug-likeness (QED) is 0.745. The molecule has 4 heteroatoms. The van der Waals surface area contributed by atoms with Crippen LogP contribution in [0, 0.1) is 5.92 Å². The summed E-state index contributed by atoms with van der Waals surface area (Å²) < 4.78 is 6.18.